The second-order valence-corrected chi connectivity index (χ2v) is 6.38. The highest BCUT2D eigenvalue weighted by molar-refractivity contribution is 5.92. The van der Waals surface area contributed by atoms with Crippen molar-refractivity contribution < 1.29 is 9.90 Å². The first-order chi connectivity index (χ1) is 12.1. The SMILES string of the molecule is CCn1ncc(CN2C[C@@H](CO)[C@H](NC(=O)c3cnccn3)C2)c1C. The van der Waals surface area contributed by atoms with Gasteiger partial charge < -0.3 is 10.4 Å². The van der Waals surface area contributed by atoms with Crippen LogP contribution in [0.4, 0.5) is 0 Å². The lowest BCUT2D eigenvalue weighted by Crippen LogP contribution is -2.41. The van der Waals surface area contributed by atoms with Crippen LogP contribution < -0.4 is 5.32 Å². The monoisotopic (exact) mass is 344 g/mol. The van der Waals surface area contributed by atoms with Crippen molar-refractivity contribution in [2.75, 3.05) is 19.7 Å². The molecule has 3 heterocycles. The Bertz CT molecular complexity index is 717. The molecular formula is C17H24N6O2. The van der Waals surface area contributed by atoms with Crippen LogP contribution in [0.15, 0.2) is 24.8 Å². The molecule has 2 aromatic rings. The van der Waals surface area contributed by atoms with Crippen LogP contribution in [-0.4, -0.2) is 61.4 Å². The molecule has 0 spiro atoms. The summed E-state index contributed by atoms with van der Waals surface area (Å²) in [5.74, 6) is -0.254. The summed E-state index contributed by atoms with van der Waals surface area (Å²) in [4.78, 5) is 22.5. The predicted molar refractivity (Wildman–Crippen MR) is 91.8 cm³/mol. The van der Waals surface area contributed by atoms with Crippen LogP contribution in [-0.2, 0) is 13.1 Å². The lowest BCUT2D eigenvalue weighted by molar-refractivity contribution is 0.0915. The summed E-state index contributed by atoms with van der Waals surface area (Å²) >= 11 is 0. The van der Waals surface area contributed by atoms with E-state index in [-0.39, 0.29) is 30.2 Å². The van der Waals surface area contributed by atoms with Crippen molar-refractivity contribution in [1.82, 2.24) is 30.0 Å². The Kier molecular flexibility index (Phi) is 5.40. The highest BCUT2D eigenvalue weighted by atomic mass is 16.3. The van der Waals surface area contributed by atoms with Gasteiger partial charge in [0.05, 0.1) is 12.4 Å². The van der Waals surface area contributed by atoms with Gasteiger partial charge in [0.25, 0.3) is 5.91 Å². The van der Waals surface area contributed by atoms with Gasteiger partial charge in [-0.05, 0) is 13.8 Å². The standard InChI is InChI=1S/C17H24N6O2/c1-3-23-12(2)13(6-20-23)8-22-9-14(11-24)16(10-22)21-17(25)15-7-18-4-5-19-15/h4-7,14,16,24H,3,8-11H2,1-2H3,(H,21,25)/t14-,16+/m0/s1. The van der Waals surface area contributed by atoms with Crippen molar-refractivity contribution in [2.24, 2.45) is 5.92 Å². The van der Waals surface area contributed by atoms with E-state index >= 15 is 0 Å². The molecule has 3 rings (SSSR count). The lowest BCUT2D eigenvalue weighted by Gasteiger charge is -2.17. The van der Waals surface area contributed by atoms with Crippen molar-refractivity contribution in [1.29, 1.82) is 0 Å². The molecule has 0 bridgehead atoms. The molecule has 8 nitrogen and oxygen atoms in total. The number of hydrogen-bond donors (Lipinski definition) is 2. The number of carbonyl (C=O) groups excluding carboxylic acids is 1. The van der Waals surface area contributed by atoms with E-state index in [1.807, 2.05) is 10.9 Å². The number of likely N-dealkylation sites (tertiary alicyclic amines) is 1. The Morgan fingerprint density at radius 2 is 2.20 bits per heavy atom. The molecule has 1 saturated heterocycles. The maximum atomic E-state index is 12.3. The molecule has 1 aliphatic heterocycles. The lowest BCUT2D eigenvalue weighted by atomic mass is 10.1. The molecule has 1 fully saturated rings. The smallest absolute Gasteiger partial charge is 0.271 e. The van der Waals surface area contributed by atoms with Crippen LogP contribution in [0.1, 0.15) is 28.7 Å². The van der Waals surface area contributed by atoms with Gasteiger partial charge in [0.2, 0.25) is 0 Å². The van der Waals surface area contributed by atoms with E-state index in [0.29, 0.717) is 6.54 Å². The number of hydrogen-bond acceptors (Lipinski definition) is 6. The Morgan fingerprint density at radius 1 is 1.36 bits per heavy atom. The predicted octanol–water partition coefficient (Wildman–Crippen LogP) is 0.224. The summed E-state index contributed by atoms with van der Waals surface area (Å²) in [5, 5.41) is 17.0. The molecule has 0 radical (unpaired) electrons. The summed E-state index contributed by atoms with van der Waals surface area (Å²) < 4.78 is 1.97. The van der Waals surface area contributed by atoms with Gasteiger partial charge >= 0.3 is 0 Å². The van der Waals surface area contributed by atoms with E-state index in [2.05, 4.69) is 39.1 Å². The molecule has 0 saturated carbocycles. The molecule has 25 heavy (non-hydrogen) atoms. The third kappa shape index (κ3) is 3.85. The molecule has 1 amide bonds. The topological polar surface area (TPSA) is 96.2 Å². The highest BCUT2D eigenvalue weighted by Crippen LogP contribution is 2.20. The second-order valence-electron chi connectivity index (χ2n) is 6.38. The van der Waals surface area contributed by atoms with E-state index in [0.717, 1.165) is 25.3 Å². The zero-order valence-corrected chi connectivity index (χ0v) is 14.6. The van der Waals surface area contributed by atoms with Gasteiger partial charge in [0.1, 0.15) is 5.69 Å². The molecule has 134 valence electrons. The largest absolute Gasteiger partial charge is 0.396 e. The summed E-state index contributed by atoms with van der Waals surface area (Å²) in [6, 6.07) is -0.110. The van der Waals surface area contributed by atoms with Crippen molar-refractivity contribution in [3.8, 4) is 0 Å². The van der Waals surface area contributed by atoms with Crippen LogP contribution in [0.3, 0.4) is 0 Å². The minimum absolute atomic E-state index is 0.00199. The van der Waals surface area contributed by atoms with Gasteiger partial charge in [-0.2, -0.15) is 5.10 Å². The Morgan fingerprint density at radius 3 is 2.84 bits per heavy atom. The van der Waals surface area contributed by atoms with Crippen LogP contribution in [0.2, 0.25) is 0 Å². The zero-order chi connectivity index (χ0) is 17.8. The van der Waals surface area contributed by atoms with Gasteiger partial charge in [0.15, 0.2) is 0 Å². The van der Waals surface area contributed by atoms with Gasteiger partial charge in [-0.25, -0.2) is 4.98 Å². The van der Waals surface area contributed by atoms with E-state index in [1.54, 1.807) is 0 Å². The molecule has 2 atom stereocenters. The van der Waals surface area contributed by atoms with Crippen LogP contribution in [0.25, 0.3) is 0 Å². The minimum atomic E-state index is -0.256. The molecule has 2 aromatic heterocycles. The number of aromatic nitrogens is 4. The van der Waals surface area contributed by atoms with Crippen LogP contribution >= 0.6 is 0 Å². The number of aliphatic hydroxyl groups is 1. The summed E-state index contributed by atoms with van der Waals surface area (Å²) in [7, 11) is 0. The van der Waals surface area contributed by atoms with Gasteiger partial charge in [-0.3, -0.25) is 19.4 Å². The zero-order valence-electron chi connectivity index (χ0n) is 14.6. The second kappa shape index (κ2) is 7.71. The third-order valence-corrected chi connectivity index (χ3v) is 4.76. The fraction of sp³-hybridized carbons (Fsp3) is 0.529. The average molecular weight is 344 g/mol. The minimum Gasteiger partial charge on any atom is -0.396 e. The van der Waals surface area contributed by atoms with E-state index < -0.39 is 0 Å². The first-order valence-electron chi connectivity index (χ1n) is 8.53. The normalized spacial score (nSPS) is 20.8. The molecule has 0 aliphatic carbocycles. The van der Waals surface area contributed by atoms with Crippen molar-refractivity contribution in [2.45, 2.75) is 33.0 Å². The van der Waals surface area contributed by atoms with E-state index in [1.165, 1.54) is 24.2 Å². The van der Waals surface area contributed by atoms with Crippen molar-refractivity contribution >= 4 is 5.91 Å². The number of aliphatic hydroxyl groups excluding tert-OH is 1. The van der Waals surface area contributed by atoms with Crippen LogP contribution in [0, 0.1) is 12.8 Å². The molecule has 0 aromatic carbocycles. The number of nitrogens with zero attached hydrogens (tertiary/aromatic N) is 5. The molecule has 1 aliphatic rings. The maximum Gasteiger partial charge on any atom is 0.271 e. The van der Waals surface area contributed by atoms with Gasteiger partial charge in [0, 0.05) is 68.4 Å². The number of rotatable bonds is 6. The number of carbonyl (C=O) groups is 1. The molecule has 2 N–H and O–H groups in total. The van der Waals surface area contributed by atoms with Gasteiger partial charge in [-0.15, -0.1) is 0 Å². The fourth-order valence-corrected chi connectivity index (χ4v) is 3.30. The number of aryl methyl sites for hydroxylation is 1. The third-order valence-electron chi connectivity index (χ3n) is 4.76. The Labute approximate surface area is 146 Å². The van der Waals surface area contributed by atoms with E-state index in [4.69, 9.17) is 0 Å². The quantitative estimate of drug-likeness (QED) is 0.778. The summed E-state index contributed by atoms with van der Waals surface area (Å²) in [6.07, 6.45) is 6.37. The summed E-state index contributed by atoms with van der Waals surface area (Å²) in [6.45, 7) is 7.21. The maximum absolute atomic E-state index is 12.3. The highest BCUT2D eigenvalue weighted by Gasteiger charge is 2.34. The van der Waals surface area contributed by atoms with Crippen molar-refractivity contribution in [3.05, 3.63) is 41.7 Å². The van der Waals surface area contributed by atoms with Crippen molar-refractivity contribution in [3.63, 3.8) is 0 Å². The number of nitrogens with one attached hydrogen (secondary N) is 1. The Hall–Kier alpha value is -2.32. The van der Waals surface area contributed by atoms with Crippen LogP contribution in [0.5, 0.6) is 0 Å². The average Bonchev–Trinajstić information content (AvgIpc) is 3.19. The molecular weight excluding hydrogens is 320 g/mol. The Balaban J connectivity index is 1.64. The number of amides is 1. The first kappa shape index (κ1) is 17.5. The summed E-state index contributed by atoms with van der Waals surface area (Å²) in [5.41, 5.74) is 2.63. The van der Waals surface area contributed by atoms with E-state index in [9.17, 15) is 9.90 Å². The first-order valence-corrected chi connectivity index (χ1v) is 8.53. The van der Waals surface area contributed by atoms with Gasteiger partial charge in [-0.1, -0.05) is 0 Å². The molecule has 0 unspecified atom stereocenters. The molecule has 8 heteroatoms. The fourth-order valence-electron chi connectivity index (χ4n) is 3.30.